The second-order valence-electron chi connectivity index (χ2n) is 5.82. The van der Waals surface area contributed by atoms with Gasteiger partial charge in [-0.25, -0.2) is 15.0 Å². The summed E-state index contributed by atoms with van der Waals surface area (Å²) in [5.41, 5.74) is 12.4. The highest BCUT2D eigenvalue weighted by Crippen LogP contribution is 2.36. The van der Waals surface area contributed by atoms with E-state index in [0.717, 1.165) is 6.07 Å². The summed E-state index contributed by atoms with van der Waals surface area (Å²) in [4.78, 5) is 12.5. The van der Waals surface area contributed by atoms with E-state index in [1.54, 1.807) is 31.2 Å². The van der Waals surface area contributed by atoms with Gasteiger partial charge in [-0.2, -0.15) is 13.2 Å². The van der Waals surface area contributed by atoms with Gasteiger partial charge in [0.15, 0.2) is 11.6 Å². The van der Waals surface area contributed by atoms with Gasteiger partial charge in [0.25, 0.3) is 0 Å². The lowest BCUT2D eigenvalue weighted by atomic mass is 10.1. The van der Waals surface area contributed by atoms with E-state index in [0.29, 0.717) is 16.9 Å². The van der Waals surface area contributed by atoms with E-state index in [9.17, 15) is 13.2 Å². The van der Waals surface area contributed by atoms with E-state index in [4.69, 9.17) is 11.5 Å². The number of hydrogen-bond donors (Lipinski definition) is 2. The summed E-state index contributed by atoms with van der Waals surface area (Å²) in [5.74, 6) is 0.187. The molecule has 4 N–H and O–H groups in total. The second-order valence-corrected chi connectivity index (χ2v) is 5.82. The van der Waals surface area contributed by atoms with Crippen LogP contribution in [0.4, 0.5) is 24.7 Å². The fourth-order valence-electron chi connectivity index (χ4n) is 2.57. The quantitative estimate of drug-likeness (QED) is 0.412. The smallest absolute Gasteiger partial charge is 0.398 e. The Balaban J connectivity index is 2.09. The monoisotopic (exact) mass is 371 g/mol. The SMILES string of the molecule is Cc1cc(N=C(N)c2ccccc2N)nc(-c2ccccc2C(F)(F)F)n1. The molecule has 0 amide bonds. The number of halogens is 3. The van der Waals surface area contributed by atoms with Crippen molar-refractivity contribution in [3.8, 4) is 11.4 Å². The number of nitrogen functional groups attached to an aromatic ring is 1. The molecule has 0 atom stereocenters. The summed E-state index contributed by atoms with van der Waals surface area (Å²) in [5, 5.41) is 0. The van der Waals surface area contributed by atoms with Crippen LogP contribution in [0, 0.1) is 6.92 Å². The number of aromatic nitrogens is 2. The van der Waals surface area contributed by atoms with Crippen molar-refractivity contribution in [1.82, 2.24) is 9.97 Å². The number of rotatable bonds is 3. The Kier molecular flexibility index (Phi) is 4.81. The molecule has 0 fully saturated rings. The van der Waals surface area contributed by atoms with Gasteiger partial charge in [-0.05, 0) is 25.1 Å². The molecule has 3 aromatic rings. The predicted molar refractivity (Wildman–Crippen MR) is 98.4 cm³/mol. The molecule has 0 aliphatic rings. The Bertz CT molecular complexity index is 1010. The lowest BCUT2D eigenvalue weighted by Gasteiger charge is -2.12. The molecular weight excluding hydrogens is 355 g/mol. The Morgan fingerprint density at radius 2 is 1.67 bits per heavy atom. The molecule has 1 heterocycles. The van der Waals surface area contributed by atoms with Crippen molar-refractivity contribution in [2.45, 2.75) is 13.1 Å². The maximum absolute atomic E-state index is 13.3. The van der Waals surface area contributed by atoms with Gasteiger partial charge in [0.05, 0.1) is 5.56 Å². The van der Waals surface area contributed by atoms with Crippen molar-refractivity contribution in [2.75, 3.05) is 5.73 Å². The standard InChI is InChI=1S/C19H16F3N5/c1-11-10-16(26-17(24)13-7-3-5-9-15(13)23)27-18(25-11)12-6-2-4-8-14(12)19(20,21)22/h2-10H,23H2,1H3,(H2,24,25,26,27). The van der Waals surface area contributed by atoms with Crippen LogP contribution in [0.1, 0.15) is 16.8 Å². The third-order valence-corrected chi connectivity index (χ3v) is 3.79. The molecule has 5 nitrogen and oxygen atoms in total. The highest BCUT2D eigenvalue weighted by Gasteiger charge is 2.34. The summed E-state index contributed by atoms with van der Waals surface area (Å²) in [6, 6.07) is 13.5. The van der Waals surface area contributed by atoms with E-state index >= 15 is 0 Å². The van der Waals surface area contributed by atoms with Crippen LogP contribution in [0.3, 0.4) is 0 Å². The topological polar surface area (TPSA) is 90.2 Å². The molecule has 0 aliphatic carbocycles. The van der Waals surface area contributed by atoms with Crippen LogP contribution in [0.25, 0.3) is 11.4 Å². The van der Waals surface area contributed by atoms with Gasteiger partial charge < -0.3 is 11.5 Å². The molecule has 138 valence electrons. The molecule has 0 unspecified atom stereocenters. The molecule has 8 heteroatoms. The maximum atomic E-state index is 13.3. The van der Waals surface area contributed by atoms with Gasteiger partial charge in [-0.15, -0.1) is 0 Å². The number of para-hydroxylation sites is 1. The lowest BCUT2D eigenvalue weighted by molar-refractivity contribution is -0.137. The minimum Gasteiger partial charge on any atom is -0.398 e. The first kappa shape index (κ1) is 18.4. The van der Waals surface area contributed by atoms with E-state index in [1.165, 1.54) is 24.3 Å². The van der Waals surface area contributed by atoms with E-state index in [2.05, 4.69) is 15.0 Å². The number of benzene rings is 2. The van der Waals surface area contributed by atoms with Crippen LogP contribution in [-0.2, 0) is 6.18 Å². The van der Waals surface area contributed by atoms with Gasteiger partial charge in [-0.1, -0.05) is 30.3 Å². The number of aryl methyl sites for hydroxylation is 1. The highest BCUT2D eigenvalue weighted by molar-refractivity contribution is 6.03. The van der Waals surface area contributed by atoms with Gasteiger partial charge in [0, 0.05) is 28.6 Å². The van der Waals surface area contributed by atoms with Crippen molar-refractivity contribution >= 4 is 17.3 Å². The van der Waals surface area contributed by atoms with Crippen molar-refractivity contribution in [3.63, 3.8) is 0 Å². The molecule has 0 spiro atoms. The molecule has 2 aromatic carbocycles. The first-order chi connectivity index (χ1) is 12.8. The maximum Gasteiger partial charge on any atom is 0.417 e. The molecule has 3 rings (SSSR count). The van der Waals surface area contributed by atoms with Crippen LogP contribution < -0.4 is 11.5 Å². The Hall–Kier alpha value is -3.42. The van der Waals surface area contributed by atoms with Gasteiger partial charge in [-0.3, -0.25) is 0 Å². The number of aliphatic imine (C=N–C) groups is 1. The lowest BCUT2D eigenvalue weighted by Crippen LogP contribution is -2.15. The van der Waals surface area contributed by atoms with Crippen LogP contribution in [-0.4, -0.2) is 15.8 Å². The molecule has 1 aromatic heterocycles. The molecule has 0 bridgehead atoms. The average Bonchev–Trinajstić information content (AvgIpc) is 2.61. The summed E-state index contributed by atoms with van der Waals surface area (Å²) in [6.45, 7) is 1.65. The van der Waals surface area contributed by atoms with Crippen LogP contribution >= 0.6 is 0 Å². The van der Waals surface area contributed by atoms with E-state index in [1.807, 2.05) is 0 Å². The first-order valence-corrected chi connectivity index (χ1v) is 7.97. The Labute approximate surface area is 153 Å². The van der Waals surface area contributed by atoms with E-state index < -0.39 is 11.7 Å². The third kappa shape index (κ3) is 4.05. The fourth-order valence-corrected chi connectivity index (χ4v) is 2.57. The van der Waals surface area contributed by atoms with Gasteiger partial charge in [0.1, 0.15) is 5.84 Å². The summed E-state index contributed by atoms with van der Waals surface area (Å²) in [6.07, 6.45) is -4.52. The molecule has 27 heavy (non-hydrogen) atoms. The highest BCUT2D eigenvalue weighted by atomic mass is 19.4. The second kappa shape index (κ2) is 7.06. The molecule has 0 radical (unpaired) electrons. The zero-order valence-corrected chi connectivity index (χ0v) is 14.3. The van der Waals surface area contributed by atoms with Crippen molar-refractivity contribution in [3.05, 3.63) is 71.4 Å². The Morgan fingerprint density at radius 3 is 2.37 bits per heavy atom. The number of alkyl halides is 3. The predicted octanol–water partition coefficient (Wildman–Crippen LogP) is 4.09. The van der Waals surface area contributed by atoms with Crippen molar-refractivity contribution < 1.29 is 13.2 Å². The van der Waals surface area contributed by atoms with Crippen LogP contribution in [0.2, 0.25) is 0 Å². The number of anilines is 1. The summed E-state index contributed by atoms with van der Waals surface area (Å²) >= 11 is 0. The minimum absolute atomic E-state index is 0.0736. The van der Waals surface area contributed by atoms with Crippen LogP contribution in [0.5, 0.6) is 0 Å². The first-order valence-electron chi connectivity index (χ1n) is 7.97. The minimum atomic E-state index is -4.52. The molecule has 0 saturated heterocycles. The molecule has 0 saturated carbocycles. The number of nitrogens with zero attached hydrogens (tertiary/aromatic N) is 3. The van der Waals surface area contributed by atoms with Crippen LogP contribution in [0.15, 0.2) is 59.6 Å². The van der Waals surface area contributed by atoms with E-state index in [-0.39, 0.29) is 23.0 Å². The zero-order chi connectivity index (χ0) is 19.6. The number of amidine groups is 1. The summed E-state index contributed by atoms with van der Waals surface area (Å²) in [7, 11) is 0. The average molecular weight is 371 g/mol. The van der Waals surface area contributed by atoms with Crippen molar-refractivity contribution in [1.29, 1.82) is 0 Å². The molecular formula is C19H16F3N5. The summed E-state index contributed by atoms with van der Waals surface area (Å²) < 4.78 is 39.9. The largest absolute Gasteiger partial charge is 0.417 e. The van der Waals surface area contributed by atoms with Crippen molar-refractivity contribution in [2.24, 2.45) is 10.7 Å². The Morgan fingerprint density at radius 1 is 1.00 bits per heavy atom. The normalized spacial score (nSPS) is 12.2. The number of nitrogens with two attached hydrogens (primary N) is 2. The third-order valence-electron chi connectivity index (χ3n) is 3.79. The van der Waals surface area contributed by atoms with Gasteiger partial charge in [0.2, 0.25) is 0 Å². The fraction of sp³-hybridized carbons (Fsp3) is 0.105. The molecule has 0 aliphatic heterocycles. The van der Waals surface area contributed by atoms with Gasteiger partial charge >= 0.3 is 6.18 Å². The zero-order valence-electron chi connectivity index (χ0n) is 14.3. The number of hydrogen-bond acceptors (Lipinski definition) is 4.